The summed E-state index contributed by atoms with van der Waals surface area (Å²) in [6.07, 6.45) is 7.13. The standard InChI is InChI=1S/C21H26OSi/c1-5-12-18(2)17-21(3,4)23(22,19-13-8-6-9-14-19)20-15-10-7-11-16-20/h1,6-11,13-16,18,22H,12,17H2,2-4H3/t18-/m1/s1. The van der Waals surface area contributed by atoms with Crippen molar-refractivity contribution in [2.45, 2.75) is 38.7 Å². The van der Waals surface area contributed by atoms with Crippen molar-refractivity contribution in [3.63, 3.8) is 0 Å². The molecule has 0 saturated carbocycles. The normalized spacial score (nSPS) is 13.3. The Kier molecular flexibility index (Phi) is 5.46. The Morgan fingerprint density at radius 2 is 1.43 bits per heavy atom. The lowest BCUT2D eigenvalue weighted by Gasteiger charge is -2.42. The first-order valence-electron chi connectivity index (χ1n) is 8.18. The molecule has 0 bridgehead atoms. The summed E-state index contributed by atoms with van der Waals surface area (Å²) in [6, 6.07) is 20.3. The number of terminal acetylenes is 1. The third-order valence-corrected chi connectivity index (χ3v) is 9.19. The summed E-state index contributed by atoms with van der Waals surface area (Å²) < 4.78 is 0. The van der Waals surface area contributed by atoms with Gasteiger partial charge in [0, 0.05) is 6.42 Å². The molecule has 23 heavy (non-hydrogen) atoms. The number of rotatable bonds is 6. The molecule has 1 N–H and O–H groups in total. The molecule has 0 spiro atoms. The van der Waals surface area contributed by atoms with E-state index in [0.29, 0.717) is 5.92 Å². The Morgan fingerprint density at radius 1 is 1.00 bits per heavy atom. The van der Waals surface area contributed by atoms with Gasteiger partial charge in [-0.05, 0) is 27.8 Å². The van der Waals surface area contributed by atoms with Crippen LogP contribution >= 0.6 is 0 Å². The van der Waals surface area contributed by atoms with Crippen LogP contribution in [0.5, 0.6) is 0 Å². The summed E-state index contributed by atoms with van der Waals surface area (Å²) in [4.78, 5) is 12.0. The lowest BCUT2D eigenvalue weighted by molar-refractivity contribution is 0.404. The zero-order chi connectivity index (χ0) is 16.9. The van der Waals surface area contributed by atoms with Gasteiger partial charge in [0.2, 0.25) is 0 Å². The van der Waals surface area contributed by atoms with E-state index in [-0.39, 0.29) is 5.04 Å². The highest BCUT2D eigenvalue weighted by Crippen LogP contribution is 2.41. The molecule has 1 atom stereocenters. The monoisotopic (exact) mass is 322 g/mol. The summed E-state index contributed by atoms with van der Waals surface area (Å²) in [5, 5.41) is 1.90. The average molecular weight is 323 g/mol. The molecule has 0 unspecified atom stereocenters. The van der Waals surface area contributed by atoms with Gasteiger partial charge < -0.3 is 4.80 Å². The molecule has 0 aliphatic heterocycles. The van der Waals surface area contributed by atoms with Crippen LogP contribution in [0.3, 0.4) is 0 Å². The van der Waals surface area contributed by atoms with E-state index in [9.17, 15) is 4.80 Å². The van der Waals surface area contributed by atoms with Crippen molar-refractivity contribution in [1.29, 1.82) is 0 Å². The van der Waals surface area contributed by atoms with E-state index in [0.717, 1.165) is 23.2 Å². The largest absolute Gasteiger partial charge is 0.424 e. The van der Waals surface area contributed by atoms with Crippen molar-refractivity contribution in [3.05, 3.63) is 60.7 Å². The van der Waals surface area contributed by atoms with Gasteiger partial charge >= 0.3 is 0 Å². The Balaban J connectivity index is 2.52. The van der Waals surface area contributed by atoms with E-state index >= 15 is 0 Å². The number of hydrogen-bond donors (Lipinski definition) is 1. The fourth-order valence-electron chi connectivity index (χ4n) is 3.60. The van der Waals surface area contributed by atoms with Crippen LogP contribution in [0.4, 0.5) is 0 Å². The molecule has 120 valence electrons. The Morgan fingerprint density at radius 3 is 1.83 bits per heavy atom. The van der Waals surface area contributed by atoms with Crippen LogP contribution in [0.1, 0.15) is 33.6 Å². The summed E-state index contributed by atoms with van der Waals surface area (Å²) in [7, 11) is -2.89. The molecule has 0 aliphatic carbocycles. The minimum Gasteiger partial charge on any atom is -0.424 e. The first-order chi connectivity index (χ1) is 10.9. The minimum atomic E-state index is -2.89. The van der Waals surface area contributed by atoms with Crippen molar-refractivity contribution in [1.82, 2.24) is 0 Å². The van der Waals surface area contributed by atoms with Crippen molar-refractivity contribution in [2.75, 3.05) is 0 Å². The van der Waals surface area contributed by atoms with Gasteiger partial charge in [-0.2, -0.15) is 0 Å². The lowest BCUT2D eigenvalue weighted by Crippen LogP contribution is -2.65. The molecule has 0 aliphatic rings. The van der Waals surface area contributed by atoms with Gasteiger partial charge in [-0.25, -0.2) is 0 Å². The highest BCUT2D eigenvalue weighted by Gasteiger charge is 2.50. The predicted molar refractivity (Wildman–Crippen MR) is 101 cm³/mol. The third-order valence-electron chi connectivity index (χ3n) is 4.69. The third kappa shape index (κ3) is 3.58. The van der Waals surface area contributed by atoms with Crippen LogP contribution in [-0.4, -0.2) is 13.1 Å². The Labute approximate surface area is 141 Å². The van der Waals surface area contributed by atoms with Gasteiger partial charge in [-0.15, -0.1) is 12.3 Å². The molecule has 2 aromatic rings. The van der Waals surface area contributed by atoms with Crippen LogP contribution < -0.4 is 10.4 Å². The van der Waals surface area contributed by atoms with E-state index in [4.69, 9.17) is 6.42 Å². The molecule has 0 heterocycles. The van der Waals surface area contributed by atoms with E-state index in [2.05, 4.69) is 51.0 Å². The topological polar surface area (TPSA) is 20.2 Å². The Hall–Kier alpha value is -1.82. The fourth-order valence-corrected chi connectivity index (χ4v) is 7.49. The average Bonchev–Trinajstić information content (AvgIpc) is 2.55. The molecule has 2 aromatic carbocycles. The van der Waals surface area contributed by atoms with Gasteiger partial charge in [0.05, 0.1) is 0 Å². The lowest BCUT2D eigenvalue weighted by atomic mass is 9.95. The van der Waals surface area contributed by atoms with Gasteiger partial charge in [0.15, 0.2) is 0 Å². The van der Waals surface area contributed by atoms with Crippen molar-refractivity contribution >= 4 is 18.7 Å². The fraction of sp³-hybridized carbons (Fsp3) is 0.333. The summed E-state index contributed by atoms with van der Waals surface area (Å²) >= 11 is 0. The Bertz CT molecular complexity index is 616. The quantitative estimate of drug-likeness (QED) is 0.637. The highest BCUT2D eigenvalue weighted by atomic mass is 28.4. The molecule has 1 nitrogen and oxygen atoms in total. The van der Waals surface area contributed by atoms with Crippen LogP contribution in [-0.2, 0) is 0 Å². The van der Waals surface area contributed by atoms with E-state index in [1.54, 1.807) is 0 Å². The van der Waals surface area contributed by atoms with Crippen LogP contribution in [0.25, 0.3) is 0 Å². The second-order valence-corrected chi connectivity index (χ2v) is 11.0. The summed E-state index contributed by atoms with van der Waals surface area (Å²) in [5.41, 5.74) is 0. The van der Waals surface area contributed by atoms with Gasteiger partial charge in [0.1, 0.15) is 0 Å². The maximum absolute atomic E-state index is 12.0. The van der Waals surface area contributed by atoms with Crippen LogP contribution in [0, 0.1) is 18.3 Å². The van der Waals surface area contributed by atoms with E-state index in [1.807, 2.05) is 36.4 Å². The molecule has 0 fully saturated rings. The van der Waals surface area contributed by atoms with Gasteiger partial charge in [-0.1, -0.05) is 81.4 Å². The molecule has 0 radical (unpaired) electrons. The molecule has 0 aromatic heterocycles. The molecule has 0 saturated heterocycles. The zero-order valence-electron chi connectivity index (χ0n) is 14.3. The van der Waals surface area contributed by atoms with Crippen molar-refractivity contribution in [2.24, 2.45) is 5.92 Å². The second-order valence-electron chi connectivity index (χ2n) is 7.04. The zero-order valence-corrected chi connectivity index (χ0v) is 15.3. The predicted octanol–water partition coefficient (Wildman–Crippen LogP) is 3.57. The van der Waals surface area contributed by atoms with Gasteiger partial charge in [0.25, 0.3) is 8.32 Å². The van der Waals surface area contributed by atoms with Gasteiger partial charge in [-0.3, -0.25) is 0 Å². The smallest absolute Gasteiger partial charge is 0.258 e. The molecular formula is C21H26OSi. The minimum absolute atomic E-state index is 0.216. The molecule has 0 amide bonds. The maximum atomic E-state index is 12.0. The molecule has 2 rings (SSSR count). The van der Waals surface area contributed by atoms with Crippen molar-refractivity contribution < 1.29 is 4.80 Å². The number of benzene rings is 2. The maximum Gasteiger partial charge on any atom is 0.258 e. The first-order valence-corrected chi connectivity index (χ1v) is 10.1. The second kappa shape index (κ2) is 7.17. The summed E-state index contributed by atoms with van der Waals surface area (Å²) in [6.45, 7) is 6.55. The van der Waals surface area contributed by atoms with Crippen LogP contribution in [0.2, 0.25) is 5.04 Å². The van der Waals surface area contributed by atoms with Crippen molar-refractivity contribution in [3.8, 4) is 12.3 Å². The van der Waals surface area contributed by atoms with Crippen LogP contribution in [0.15, 0.2) is 60.7 Å². The first kappa shape index (κ1) is 17.5. The number of hydrogen-bond acceptors (Lipinski definition) is 1. The van der Waals surface area contributed by atoms with E-state index < -0.39 is 8.32 Å². The van der Waals surface area contributed by atoms with E-state index in [1.165, 1.54) is 0 Å². The summed E-state index contributed by atoms with van der Waals surface area (Å²) in [5.74, 6) is 3.15. The SMILES string of the molecule is C#CC[C@@H](C)CC(C)(C)[Si](O)(c1ccccc1)c1ccccc1. The molecule has 2 heteroatoms. The molecular weight excluding hydrogens is 296 g/mol. The highest BCUT2D eigenvalue weighted by molar-refractivity contribution is 6.98.